The van der Waals surface area contributed by atoms with E-state index in [1.807, 2.05) is 24.3 Å². The number of benzene rings is 2. The van der Waals surface area contributed by atoms with Crippen LogP contribution >= 0.6 is 0 Å². The molecule has 6 rings (SSSR count). The number of rotatable bonds is 4. The van der Waals surface area contributed by atoms with E-state index in [0.717, 1.165) is 22.8 Å². The number of halogens is 2. The van der Waals surface area contributed by atoms with Crippen molar-refractivity contribution >= 4 is 28.8 Å². The highest BCUT2D eigenvalue weighted by Gasteiger charge is 2.42. The Labute approximate surface area is 211 Å². The molecule has 1 atom stereocenters. The van der Waals surface area contributed by atoms with E-state index < -0.39 is 35.4 Å². The second-order valence-electron chi connectivity index (χ2n) is 9.91. The molecule has 0 radical (unpaired) electrons. The number of para-hydroxylation sites is 2. The quantitative estimate of drug-likeness (QED) is 0.548. The molecule has 3 aliphatic heterocycles. The van der Waals surface area contributed by atoms with Crippen molar-refractivity contribution in [1.82, 2.24) is 25.1 Å². The number of piperidine rings is 2. The maximum Gasteiger partial charge on any atom is 0.255 e. The maximum absolute atomic E-state index is 15.7. The second kappa shape index (κ2) is 9.26. The number of imide groups is 1. The molecule has 3 aromatic rings. The summed E-state index contributed by atoms with van der Waals surface area (Å²) in [6, 6.07) is 7.91. The van der Waals surface area contributed by atoms with Gasteiger partial charge < -0.3 is 4.90 Å². The van der Waals surface area contributed by atoms with Crippen LogP contribution < -0.4 is 5.32 Å². The summed E-state index contributed by atoms with van der Waals surface area (Å²) >= 11 is 0. The minimum Gasteiger partial charge on any atom is -0.322 e. The Kier molecular flexibility index (Phi) is 5.91. The number of hydrogen-bond donors (Lipinski definition) is 1. The molecule has 0 bridgehead atoms. The van der Waals surface area contributed by atoms with Crippen molar-refractivity contribution in [1.29, 1.82) is 0 Å². The standard InChI is InChI=1S/C27H25F2N5O3/c28-19-11-17-18(14-34(27(17)37)22-5-6-23(35)32-26(22)36)25(29)24(19)15-7-9-33(10-8-15)13-16-12-30-20-3-1-2-4-21(20)31-16/h1-4,11-12,15,22H,5-10,13-14H2,(H,32,35,36). The van der Waals surface area contributed by atoms with Gasteiger partial charge in [0, 0.05) is 24.1 Å². The first-order valence-corrected chi connectivity index (χ1v) is 12.5. The zero-order chi connectivity index (χ0) is 25.7. The predicted molar refractivity (Wildman–Crippen MR) is 129 cm³/mol. The van der Waals surface area contributed by atoms with Gasteiger partial charge in [0.05, 0.1) is 35.0 Å². The van der Waals surface area contributed by atoms with E-state index in [1.54, 1.807) is 6.20 Å². The monoisotopic (exact) mass is 505 g/mol. The summed E-state index contributed by atoms with van der Waals surface area (Å²) in [4.78, 5) is 49.2. The van der Waals surface area contributed by atoms with Gasteiger partial charge in [-0.05, 0) is 56.5 Å². The van der Waals surface area contributed by atoms with E-state index in [9.17, 15) is 14.4 Å². The van der Waals surface area contributed by atoms with Gasteiger partial charge in [-0.3, -0.25) is 29.6 Å². The molecule has 0 spiro atoms. The summed E-state index contributed by atoms with van der Waals surface area (Å²) in [7, 11) is 0. The number of aromatic nitrogens is 2. The van der Waals surface area contributed by atoms with Crippen LogP contribution in [0.1, 0.15) is 58.8 Å². The summed E-state index contributed by atoms with van der Waals surface area (Å²) in [5.41, 5.74) is 2.61. The van der Waals surface area contributed by atoms with Gasteiger partial charge in [-0.15, -0.1) is 0 Å². The maximum atomic E-state index is 15.7. The smallest absolute Gasteiger partial charge is 0.255 e. The van der Waals surface area contributed by atoms with E-state index in [1.165, 1.54) is 4.90 Å². The molecule has 10 heteroatoms. The first kappa shape index (κ1) is 23.6. The number of fused-ring (bicyclic) bond motifs is 2. The van der Waals surface area contributed by atoms with Gasteiger partial charge in [-0.25, -0.2) is 13.8 Å². The molecule has 3 amide bonds. The molecule has 37 heavy (non-hydrogen) atoms. The van der Waals surface area contributed by atoms with Crippen LogP contribution in [0, 0.1) is 11.6 Å². The topological polar surface area (TPSA) is 95.5 Å². The van der Waals surface area contributed by atoms with Gasteiger partial charge in [-0.2, -0.15) is 0 Å². The lowest BCUT2D eigenvalue weighted by molar-refractivity contribution is -0.136. The number of nitrogens with zero attached hydrogens (tertiary/aromatic N) is 4. The highest BCUT2D eigenvalue weighted by molar-refractivity contribution is 6.05. The third kappa shape index (κ3) is 4.25. The first-order chi connectivity index (χ1) is 17.9. The lowest BCUT2D eigenvalue weighted by Gasteiger charge is -2.32. The third-order valence-electron chi connectivity index (χ3n) is 7.64. The van der Waals surface area contributed by atoms with Crippen molar-refractivity contribution in [3.8, 4) is 0 Å². The Bertz CT molecular complexity index is 1440. The molecule has 2 aromatic carbocycles. The van der Waals surface area contributed by atoms with Crippen LogP contribution in [-0.2, 0) is 22.7 Å². The summed E-state index contributed by atoms with van der Waals surface area (Å²) in [6.07, 6.45) is 3.17. The van der Waals surface area contributed by atoms with Gasteiger partial charge >= 0.3 is 0 Å². The average Bonchev–Trinajstić information content (AvgIpc) is 3.21. The van der Waals surface area contributed by atoms with Gasteiger partial charge in [0.1, 0.15) is 17.7 Å². The average molecular weight is 506 g/mol. The normalized spacial score (nSPS) is 21.0. The SMILES string of the molecule is O=C1CCC(N2Cc3c(cc(F)c(C4CCN(Cc5cnc6ccccc6n5)CC4)c3F)C2=O)C(=O)N1. The zero-order valence-electron chi connectivity index (χ0n) is 20.0. The molecule has 1 aromatic heterocycles. The molecule has 190 valence electrons. The number of amides is 3. The predicted octanol–water partition coefficient (Wildman–Crippen LogP) is 3.05. The van der Waals surface area contributed by atoms with Gasteiger partial charge in [0.15, 0.2) is 0 Å². The molecule has 4 heterocycles. The Morgan fingerprint density at radius 3 is 2.54 bits per heavy atom. The molecule has 0 aliphatic carbocycles. The van der Waals surface area contributed by atoms with Gasteiger partial charge in [0.2, 0.25) is 11.8 Å². The van der Waals surface area contributed by atoms with E-state index in [4.69, 9.17) is 0 Å². The zero-order valence-corrected chi connectivity index (χ0v) is 20.0. The van der Waals surface area contributed by atoms with Crippen molar-refractivity contribution in [2.75, 3.05) is 13.1 Å². The second-order valence-corrected chi connectivity index (χ2v) is 9.91. The highest BCUT2D eigenvalue weighted by atomic mass is 19.1. The van der Waals surface area contributed by atoms with Crippen molar-refractivity contribution in [2.45, 2.75) is 50.7 Å². The number of likely N-dealkylation sites (tertiary alicyclic amines) is 1. The fourth-order valence-corrected chi connectivity index (χ4v) is 5.71. The summed E-state index contributed by atoms with van der Waals surface area (Å²) < 4.78 is 30.9. The molecule has 3 aliphatic rings. The van der Waals surface area contributed by atoms with Crippen LogP contribution in [0.3, 0.4) is 0 Å². The lowest BCUT2D eigenvalue weighted by atomic mass is 9.86. The Morgan fingerprint density at radius 2 is 1.78 bits per heavy atom. The van der Waals surface area contributed by atoms with Crippen LogP contribution in [0.25, 0.3) is 11.0 Å². The van der Waals surface area contributed by atoms with E-state index in [0.29, 0.717) is 32.5 Å². The molecule has 2 fully saturated rings. The summed E-state index contributed by atoms with van der Waals surface area (Å²) in [5, 5.41) is 2.22. The minimum atomic E-state index is -0.870. The van der Waals surface area contributed by atoms with Crippen LogP contribution in [0.2, 0.25) is 0 Å². The van der Waals surface area contributed by atoms with Crippen molar-refractivity contribution in [3.63, 3.8) is 0 Å². The Hall–Kier alpha value is -3.79. The van der Waals surface area contributed by atoms with Crippen LogP contribution in [0.4, 0.5) is 8.78 Å². The number of carbonyl (C=O) groups is 3. The van der Waals surface area contributed by atoms with E-state index >= 15 is 8.78 Å². The molecular weight excluding hydrogens is 480 g/mol. The van der Waals surface area contributed by atoms with E-state index in [-0.39, 0.29) is 42.0 Å². The van der Waals surface area contributed by atoms with Crippen molar-refractivity contribution < 1.29 is 23.2 Å². The van der Waals surface area contributed by atoms with Crippen LogP contribution in [-0.4, -0.2) is 56.6 Å². The first-order valence-electron chi connectivity index (χ1n) is 12.5. The lowest BCUT2D eigenvalue weighted by Crippen LogP contribution is -2.52. The highest BCUT2D eigenvalue weighted by Crippen LogP contribution is 2.38. The summed E-state index contributed by atoms with van der Waals surface area (Å²) in [5.74, 6) is -3.30. The van der Waals surface area contributed by atoms with E-state index in [2.05, 4.69) is 20.2 Å². The fourth-order valence-electron chi connectivity index (χ4n) is 5.71. The third-order valence-corrected chi connectivity index (χ3v) is 7.64. The molecule has 1 unspecified atom stereocenters. The number of nitrogens with one attached hydrogen (secondary N) is 1. The number of hydrogen-bond acceptors (Lipinski definition) is 6. The van der Waals surface area contributed by atoms with Crippen molar-refractivity contribution in [3.05, 3.63) is 70.5 Å². The Balaban J connectivity index is 1.16. The summed E-state index contributed by atoms with van der Waals surface area (Å²) in [6.45, 7) is 1.79. The Morgan fingerprint density at radius 1 is 1.03 bits per heavy atom. The largest absolute Gasteiger partial charge is 0.322 e. The van der Waals surface area contributed by atoms with Crippen LogP contribution in [0.15, 0.2) is 36.5 Å². The van der Waals surface area contributed by atoms with Crippen molar-refractivity contribution in [2.24, 2.45) is 0 Å². The molecular formula is C27H25F2N5O3. The number of carbonyl (C=O) groups excluding carboxylic acids is 3. The molecule has 1 N–H and O–H groups in total. The van der Waals surface area contributed by atoms with Gasteiger partial charge in [0.25, 0.3) is 5.91 Å². The van der Waals surface area contributed by atoms with Crippen LogP contribution in [0.5, 0.6) is 0 Å². The van der Waals surface area contributed by atoms with Gasteiger partial charge in [-0.1, -0.05) is 12.1 Å². The molecule has 0 saturated carbocycles. The molecule has 8 nitrogen and oxygen atoms in total. The molecule has 2 saturated heterocycles. The minimum absolute atomic E-state index is 0.0156. The fraction of sp³-hybridized carbons (Fsp3) is 0.370.